The molecule has 136 valence electrons. The fraction of sp³-hybridized carbons (Fsp3) is 0.882. The number of halogens is 2. The van der Waals surface area contributed by atoms with Gasteiger partial charge in [0.25, 0.3) is 0 Å². The summed E-state index contributed by atoms with van der Waals surface area (Å²) in [4.78, 5) is 26.7. The quantitative estimate of drug-likeness (QED) is 0.768. The summed E-state index contributed by atoms with van der Waals surface area (Å²) in [7, 11) is 0. The van der Waals surface area contributed by atoms with Crippen molar-refractivity contribution in [2.24, 2.45) is 17.3 Å². The van der Waals surface area contributed by atoms with E-state index >= 15 is 0 Å². The van der Waals surface area contributed by atoms with Crippen LogP contribution in [-0.4, -0.2) is 45.5 Å². The molecule has 0 bridgehead atoms. The van der Waals surface area contributed by atoms with E-state index in [1.165, 1.54) is 0 Å². The number of carbonyl (C=O) groups is 2. The van der Waals surface area contributed by atoms with E-state index in [2.05, 4.69) is 5.32 Å². The number of ether oxygens (including phenoxy) is 1. The molecule has 1 heterocycles. The summed E-state index contributed by atoms with van der Waals surface area (Å²) in [5.74, 6) is 0.300. The lowest BCUT2D eigenvalue weighted by Crippen LogP contribution is -2.49. The van der Waals surface area contributed by atoms with Gasteiger partial charge >= 0.3 is 6.09 Å². The number of amides is 2. The molecule has 24 heavy (non-hydrogen) atoms. The number of fused-ring (bicyclic) bond motifs is 1. The SMILES string of the molecule is CC(C)(C)OC(=O)N1[C@@H]2C[C@@H]2C[C@H]1C(=O)NCC1C(C)(C)C1(Cl)Cl. The van der Waals surface area contributed by atoms with Crippen LogP contribution >= 0.6 is 23.2 Å². The highest BCUT2D eigenvalue weighted by Gasteiger charge is 2.69. The Morgan fingerprint density at radius 2 is 1.83 bits per heavy atom. The van der Waals surface area contributed by atoms with Crippen LogP contribution < -0.4 is 5.32 Å². The first-order valence-electron chi connectivity index (χ1n) is 8.53. The molecule has 0 radical (unpaired) electrons. The van der Waals surface area contributed by atoms with E-state index in [1.54, 1.807) is 4.90 Å². The van der Waals surface area contributed by atoms with Crippen LogP contribution in [0.5, 0.6) is 0 Å². The summed E-state index contributed by atoms with van der Waals surface area (Å²) in [6.07, 6.45) is 1.27. The second kappa shape index (κ2) is 5.41. The Labute approximate surface area is 153 Å². The minimum absolute atomic E-state index is 0.0168. The van der Waals surface area contributed by atoms with E-state index < -0.39 is 22.1 Å². The van der Waals surface area contributed by atoms with Crippen molar-refractivity contribution in [1.29, 1.82) is 0 Å². The lowest BCUT2D eigenvalue weighted by atomic mass is 10.1. The van der Waals surface area contributed by atoms with E-state index in [4.69, 9.17) is 27.9 Å². The molecule has 1 N–H and O–H groups in total. The minimum Gasteiger partial charge on any atom is -0.444 e. The van der Waals surface area contributed by atoms with E-state index in [9.17, 15) is 9.59 Å². The van der Waals surface area contributed by atoms with Gasteiger partial charge in [0.1, 0.15) is 16.0 Å². The molecule has 2 amide bonds. The lowest BCUT2D eigenvalue weighted by molar-refractivity contribution is -0.126. The third-order valence-electron chi connectivity index (χ3n) is 5.58. The van der Waals surface area contributed by atoms with Crippen LogP contribution in [-0.2, 0) is 9.53 Å². The fourth-order valence-electron chi connectivity index (χ4n) is 3.73. The topological polar surface area (TPSA) is 58.6 Å². The maximum Gasteiger partial charge on any atom is 0.411 e. The number of nitrogens with zero attached hydrogens (tertiary/aromatic N) is 1. The predicted molar refractivity (Wildman–Crippen MR) is 93.1 cm³/mol. The van der Waals surface area contributed by atoms with E-state index in [0.29, 0.717) is 18.9 Å². The molecular weight excluding hydrogens is 351 g/mol. The Morgan fingerprint density at radius 3 is 2.33 bits per heavy atom. The Hall–Kier alpha value is -0.680. The van der Waals surface area contributed by atoms with Crippen LogP contribution in [0.25, 0.3) is 0 Å². The van der Waals surface area contributed by atoms with Gasteiger partial charge in [0.2, 0.25) is 5.91 Å². The van der Waals surface area contributed by atoms with Crippen LogP contribution in [0, 0.1) is 17.3 Å². The van der Waals surface area contributed by atoms with Crippen molar-refractivity contribution in [2.75, 3.05) is 6.54 Å². The summed E-state index contributed by atoms with van der Waals surface area (Å²) in [6.45, 7) is 9.89. The first-order chi connectivity index (χ1) is 10.9. The molecule has 3 aliphatic rings. The second-order valence-electron chi connectivity index (χ2n) is 8.84. The molecule has 4 atom stereocenters. The molecule has 2 saturated carbocycles. The van der Waals surface area contributed by atoms with Gasteiger partial charge < -0.3 is 10.1 Å². The van der Waals surface area contributed by atoms with E-state index in [1.807, 2.05) is 34.6 Å². The second-order valence-corrected chi connectivity index (χ2v) is 10.2. The standard InChI is InChI=1S/C17H26Cl2N2O3/c1-15(2,3)24-14(23)21-10-6-9(10)7-11(21)13(22)20-8-12-16(4,5)17(12,18)19/h9-12H,6-8H2,1-5H3,(H,20,22)/t9-,10-,11+,12?/m1/s1. The number of alkyl halides is 2. The van der Waals surface area contributed by atoms with E-state index in [0.717, 1.165) is 6.42 Å². The summed E-state index contributed by atoms with van der Waals surface area (Å²) < 4.78 is 4.67. The zero-order chi connectivity index (χ0) is 18.1. The number of likely N-dealkylation sites (tertiary alicyclic amines) is 1. The predicted octanol–water partition coefficient (Wildman–Crippen LogP) is 3.33. The molecule has 1 unspecified atom stereocenters. The summed E-state index contributed by atoms with van der Waals surface area (Å²) >= 11 is 12.5. The number of carbonyl (C=O) groups excluding carboxylic acids is 2. The van der Waals surface area contributed by atoms with Crippen molar-refractivity contribution < 1.29 is 14.3 Å². The van der Waals surface area contributed by atoms with Gasteiger partial charge in [-0.3, -0.25) is 9.69 Å². The number of hydrogen-bond donors (Lipinski definition) is 1. The summed E-state index contributed by atoms with van der Waals surface area (Å²) in [5.41, 5.74) is -0.786. The smallest absolute Gasteiger partial charge is 0.411 e. The van der Waals surface area contributed by atoms with Gasteiger partial charge in [0.15, 0.2) is 0 Å². The van der Waals surface area contributed by atoms with Gasteiger partial charge in [-0.15, -0.1) is 23.2 Å². The van der Waals surface area contributed by atoms with Crippen LogP contribution in [0.2, 0.25) is 0 Å². The highest BCUT2D eigenvalue weighted by molar-refractivity contribution is 6.51. The number of piperidine rings is 1. The average Bonchev–Trinajstić information content (AvgIpc) is 3.17. The van der Waals surface area contributed by atoms with E-state index in [-0.39, 0.29) is 23.3 Å². The van der Waals surface area contributed by atoms with Crippen LogP contribution in [0.3, 0.4) is 0 Å². The highest BCUT2D eigenvalue weighted by atomic mass is 35.5. The van der Waals surface area contributed by atoms with Crippen molar-refractivity contribution in [3.8, 4) is 0 Å². The molecule has 1 aliphatic heterocycles. The Bertz CT molecular complexity index is 557. The van der Waals surface area contributed by atoms with Crippen molar-refractivity contribution in [3.63, 3.8) is 0 Å². The third kappa shape index (κ3) is 2.98. The van der Waals surface area contributed by atoms with Gasteiger partial charge in [-0.25, -0.2) is 4.79 Å². The van der Waals surface area contributed by atoms with Gasteiger partial charge in [-0.05, 0) is 39.5 Å². The summed E-state index contributed by atoms with van der Waals surface area (Å²) in [5, 5.41) is 2.93. The fourth-order valence-corrected chi connectivity index (χ4v) is 4.58. The average molecular weight is 377 g/mol. The molecular formula is C17H26Cl2N2O3. The molecule has 0 aromatic carbocycles. The molecule has 0 spiro atoms. The zero-order valence-electron chi connectivity index (χ0n) is 14.9. The number of nitrogens with one attached hydrogen (secondary N) is 1. The van der Waals surface area contributed by atoms with Gasteiger partial charge in [-0.1, -0.05) is 13.8 Å². The molecule has 1 saturated heterocycles. The molecule has 3 fully saturated rings. The first kappa shape index (κ1) is 18.1. The Kier molecular flexibility index (Phi) is 4.08. The van der Waals surface area contributed by atoms with Crippen molar-refractivity contribution >= 4 is 35.2 Å². The number of rotatable bonds is 3. The third-order valence-corrected chi connectivity index (χ3v) is 7.08. The van der Waals surface area contributed by atoms with Crippen molar-refractivity contribution in [2.45, 2.75) is 69.5 Å². The Morgan fingerprint density at radius 1 is 1.25 bits per heavy atom. The van der Waals surface area contributed by atoms with Gasteiger partial charge in [0, 0.05) is 23.9 Å². The molecule has 3 rings (SSSR count). The monoisotopic (exact) mass is 376 g/mol. The van der Waals surface area contributed by atoms with Crippen LogP contribution in [0.4, 0.5) is 4.79 Å². The molecule has 2 aliphatic carbocycles. The summed E-state index contributed by atoms with van der Waals surface area (Å²) in [6, 6.07) is -0.307. The van der Waals surface area contributed by atoms with Gasteiger partial charge in [0.05, 0.1) is 0 Å². The zero-order valence-corrected chi connectivity index (χ0v) is 16.4. The molecule has 5 nitrogen and oxygen atoms in total. The normalized spacial score (nSPS) is 35.2. The maximum absolute atomic E-state index is 12.6. The molecule has 0 aromatic heterocycles. The minimum atomic E-state index is -0.803. The van der Waals surface area contributed by atoms with Crippen molar-refractivity contribution in [3.05, 3.63) is 0 Å². The Balaban J connectivity index is 1.59. The highest BCUT2D eigenvalue weighted by Crippen LogP contribution is 2.68. The largest absolute Gasteiger partial charge is 0.444 e. The lowest BCUT2D eigenvalue weighted by Gasteiger charge is -2.30. The van der Waals surface area contributed by atoms with Crippen LogP contribution in [0.1, 0.15) is 47.5 Å². The molecule has 7 heteroatoms. The first-order valence-corrected chi connectivity index (χ1v) is 9.28. The van der Waals surface area contributed by atoms with Crippen LogP contribution in [0.15, 0.2) is 0 Å². The van der Waals surface area contributed by atoms with Gasteiger partial charge in [-0.2, -0.15) is 0 Å². The maximum atomic E-state index is 12.6. The van der Waals surface area contributed by atoms with Crippen molar-refractivity contribution in [1.82, 2.24) is 10.2 Å². The number of hydrogen-bond acceptors (Lipinski definition) is 3. The molecule has 0 aromatic rings.